The Hall–Kier alpha value is -1.93. The summed E-state index contributed by atoms with van der Waals surface area (Å²) in [6.07, 6.45) is -10.1. The van der Waals surface area contributed by atoms with Gasteiger partial charge >= 0.3 is 12.5 Å². The van der Waals surface area contributed by atoms with Crippen molar-refractivity contribution in [2.24, 2.45) is 5.73 Å². The van der Waals surface area contributed by atoms with Crippen LogP contribution in [0.1, 0.15) is 15.9 Å². The van der Waals surface area contributed by atoms with Crippen LogP contribution in [0, 0.1) is 0 Å². The molecule has 0 heterocycles. The Morgan fingerprint density at radius 1 is 1.11 bits per heavy atom. The third-order valence-corrected chi connectivity index (χ3v) is 1.80. The molecule has 9 heteroatoms. The van der Waals surface area contributed by atoms with E-state index in [1.807, 2.05) is 0 Å². The maximum Gasteiger partial charge on any atom is 0.573 e. The second kappa shape index (κ2) is 4.39. The van der Waals surface area contributed by atoms with E-state index in [0.29, 0.717) is 12.1 Å². The highest BCUT2D eigenvalue weighted by Gasteiger charge is 2.36. The largest absolute Gasteiger partial charge is 0.573 e. The minimum Gasteiger partial charge on any atom is -0.405 e. The maximum absolute atomic E-state index is 12.3. The van der Waals surface area contributed by atoms with Gasteiger partial charge in [0.1, 0.15) is 5.75 Å². The number of hydrogen-bond acceptors (Lipinski definition) is 2. The number of hydrogen-bond donors (Lipinski definition) is 1. The van der Waals surface area contributed by atoms with E-state index in [9.17, 15) is 31.1 Å². The Kier molecular flexibility index (Phi) is 3.45. The Morgan fingerprint density at radius 2 is 1.67 bits per heavy atom. The van der Waals surface area contributed by atoms with Crippen molar-refractivity contribution in [1.82, 2.24) is 0 Å². The molecule has 2 N–H and O–H groups in total. The van der Waals surface area contributed by atoms with E-state index in [2.05, 4.69) is 4.74 Å². The lowest BCUT2D eigenvalue weighted by molar-refractivity contribution is -0.274. The number of carbonyl (C=O) groups is 1. The van der Waals surface area contributed by atoms with Gasteiger partial charge in [-0.1, -0.05) is 0 Å². The van der Waals surface area contributed by atoms with E-state index in [1.54, 1.807) is 0 Å². The highest BCUT2D eigenvalue weighted by molar-refractivity contribution is 5.95. The average molecular weight is 273 g/mol. The van der Waals surface area contributed by atoms with E-state index in [1.165, 1.54) is 0 Å². The molecule has 0 aromatic heterocycles. The molecule has 0 aliphatic heterocycles. The van der Waals surface area contributed by atoms with Gasteiger partial charge in [0.05, 0.1) is 11.1 Å². The van der Waals surface area contributed by atoms with Crippen LogP contribution in [0.5, 0.6) is 5.75 Å². The van der Waals surface area contributed by atoms with Crippen LogP contribution >= 0.6 is 0 Å². The van der Waals surface area contributed by atoms with Gasteiger partial charge in [-0.15, -0.1) is 13.2 Å². The maximum atomic E-state index is 12.3. The predicted molar refractivity (Wildman–Crippen MR) is 46.6 cm³/mol. The van der Waals surface area contributed by atoms with Gasteiger partial charge < -0.3 is 10.5 Å². The fourth-order valence-electron chi connectivity index (χ4n) is 1.11. The van der Waals surface area contributed by atoms with Crippen LogP contribution in [0.25, 0.3) is 0 Å². The molecule has 0 bridgehead atoms. The van der Waals surface area contributed by atoms with Crippen LogP contribution in [-0.4, -0.2) is 12.3 Å². The normalized spacial score (nSPS) is 12.3. The number of amides is 1. The predicted octanol–water partition coefficient (Wildman–Crippen LogP) is 2.70. The standard InChI is InChI=1S/C9H5F6NO2/c10-8(11,12)4-1-2-5(7(16)17)6(3-4)18-9(13,14)15/h1-3H,(H2,16,17). The molecule has 0 unspecified atom stereocenters. The first kappa shape index (κ1) is 14.1. The van der Waals surface area contributed by atoms with Crippen molar-refractivity contribution in [3.05, 3.63) is 29.3 Å². The molecule has 0 aliphatic rings. The van der Waals surface area contributed by atoms with Crippen molar-refractivity contribution in [3.8, 4) is 5.75 Å². The zero-order valence-electron chi connectivity index (χ0n) is 8.39. The molecule has 1 aromatic carbocycles. The fourth-order valence-corrected chi connectivity index (χ4v) is 1.11. The summed E-state index contributed by atoms with van der Waals surface area (Å²) in [5.41, 5.74) is 2.55. The smallest absolute Gasteiger partial charge is 0.405 e. The Balaban J connectivity index is 3.29. The van der Waals surface area contributed by atoms with Crippen molar-refractivity contribution >= 4 is 5.91 Å². The summed E-state index contributed by atoms with van der Waals surface area (Å²) in [7, 11) is 0. The van der Waals surface area contributed by atoms with Gasteiger partial charge in [-0.2, -0.15) is 13.2 Å². The Morgan fingerprint density at radius 3 is 2.06 bits per heavy atom. The van der Waals surface area contributed by atoms with Crippen molar-refractivity contribution in [2.75, 3.05) is 0 Å². The van der Waals surface area contributed by atoms with Crippen molar-refractivity contribution in [2.45, 2.75) is 12.5 Å². The summed E-state index contributed by atoms with van der Waals surface area (Å²) in [6.45, 7) is 0. The number of carbonyl (C=O) groups excluding carboxylic acids is 1. The molecule has 3 nitrogen and oxygen atoms in total. The van der Waals surface area contributed by atoms with Crippen LogP contribution in [0.4, 0.5) is 26.3 Å². The summed E-state index contributed by atoms with van der Waals surface area (Å²) >= 11 is 0. The van der Waals surface area contributed by atoms with Crippen LogP contribution in [0.15, 0.2) is 18.2 Å². The van der Waals surface area contributed by atoms with Crippen LogP contribution in [0.2, 0.25) is 0 Å². The second-order valence-corrected chi connectivity index (χ2v) is 3.12. The summed E-state index contributed by atoms with van der Waals surface area (Å²) < 4.78 is 76.0. The quantitative estimate of drug-likeness (QED) is 0.842. The summed E-state index contributed by atoms with van der Waals surface area (Å²) in [6, 6.07) is 1.02. The molecule has 1 amide bonds. The van der Waals surface area contributed by atoms with Crippen molar-refractivity contribution in [1.29, 1.82) is 0 Å². The second-order valence-electron chi connectivity index (χ2n) is 3.12. The van der Waals surface area contributed by atoms with Gasteiger partial charge in [0.15, 0.2) is 0 Å². The molecule has 0 saturated carbocycles. The van der Waals surface area contributed by atoms with Gasteiger partial charge in [-0.05, 0) is 18.2 Å². The average Bonchev–Trinajstić information content (AvgIpc) is 2.12. The molecule has 0 saturated heterocycles. The number of alkyl halides is 6. The molecule has 0 radical (unpaired) electrons. The third-order valence-electron chi connectivity index (χ3n) is 1.80. The van der Waals surface area contributed by atoms with Crippen molar-refractivity contribution < 1.29 is 35.9 Å². The molecular weight excluding hydrogens is 268 g/mol. The first-order valence-electron chi connectivity index (χ1n) is 4.27. The van der Waals surface area contributed by atoms with Gasteiger partial charge in [0.2, 0.25) is 0 Å². The number of halogens is 6. The molecule has 100 valence electrons. The number of primary amides is 1. The fraction of sp³-hybridized carbons (Fsp3) is 0.222. The highest BCUT2D eigenvalue weighted by Crippen LogP contribution is 2.34. The number of rotatable bonds is 2. The SMILES string of the molecule is NC(=O)c1ccc(C(F)(F)F)cc1OC(F)(F)F. The number of benzene rings is 1. The molecule has 0 atom stereocenters. The number of ether oxygens (including phenoxy) is 1. The minimum absolute atomic E-state index is 0.0631. The summed E-state index contributed by atoms with van der Waals surface area (Å²) in [4.78, 5) is 10.8. The molecule has 0 aliphatic carbocycles. The molecule has 18 heavy (non-hydrogen) atoms. The van der Waals surface area contributed by atoms with E-state index in [-0.39, 0.29) is 6.07 Å². The zero-order valence-corrected chi connectivity index (χ0v) is 8.39. The minimum atomic E-state index is -5.23. The Bertz CT molecular complexity index is 465. The molecule has 0 spiro atoms. The van der Waals surface area contributed by atoms with E-state index in [4.69, 9.17) is 5.73 Å². The van der Waals surface area contributed by atoms with Gasteiger partial charge in [0.25, 0.3) is 5.91 Å². The molecule has 1 aromatic rings. The lowest BCUT2D eigenvalue weighted by Gasteiger charge is -2.14. The first-order valence-corrected chi connectivity index (χ1v) is 4.27. The van der Waals surface area contributed by atoms with Crippen LogP contribution < -0.4 is 10.5 Å². The summed E-state index contributed by atoms with van der Waals surface area (Å²) in [5.74, 6) is -2.62. The first-order chi connectivity index (χ1) is 8.00. The molecule has 0 fully saturated rings. The highest BCUT2D eigenvalue weighted by atomic mass is 19.4. The topological polar surface area (TPSA) is 52.3 Å². The van der Waals surface area contributed by atoms with Crippen LogP contribution in [-0.2, 0) is 6.18 Å². The van der Waals surface area contributed by atoms with Gasteiger partial charge in [0, 0.05) is 0 Å². The van der Waals surface area contributed by atoms with Crippen molar-refractivity contribution in [3.63, 3.8) is 0 Å². The number of nitrogens with two attached hydrogens (primary N) is 1. The van der Waals surface area contributed by atoms with E-state index in [0.717, 1.165) is 0 Å². The lowest BCUT2D eigenvalue weighted by atomic mass is 10.1. The summed E-state index contributed by atoms with van der Waals surface area (Å²) in [5, 5.41) is 0. The van der Waals surface area contributed by atoms with Gasteiger partial charge in [-0.3, -0.25) is 4.79 Å². The zero-order chi connectivity index (χ0) is 14.1. The Labute approximate surface area is 96.1 Å². The molecule has 1 rings (SSSR count). The van der Waals surface area contributed by atoms with Crippen LogP contribution in [0.3, 0.4) is 0 Å². The van der Waals surface area contributed by atoms with E-state index < -0.39 is 35.3 Å². The third kappa shape index (κ3) is 3.54. The lowest BCUT2D eigenvalue weighted by Crippen LogP contribution is -2.21. The van der Waals surface area contributed by atoms with E-state index >= 15 is 0 Å². The molecular formula is C9H5F6NO2. The van der Waals surface area contributed by atoms with Gasteiger partial charge in [-0.25, -0.2) is 0 Å². The monoisotopic (exact) mass is 273 g/mol.